The summed E-state index contributed by atoms with van der Waals surface area (Å²) in [6.45, 7) is 0.916. The first-order valence-electron chi connectivity index (χ1n) is 7.69. The van der Waals surface area contributed by atoms with Crippen LogP contribution in [0.5, 0.6) is 0 Å². The summed E-state index contributed by atoms with van der Waals surface area (Å²) >= 11 is 3.52. The maximum absolute atomic E-state index is 12.7. The largest absolute Gasteiger partial charge is 0.339 e. The van der Waals surface area contributed by atoms with Gasteiger partial charge in [0.25, 0.3) is 0 Å². The summed E-state index contributed by atoms with van der Waals surface area (Å²) in [4.78, 5) is 14.9. The summed E-state index contributed by atoms with van der Waals surface area (Å²) < 4.78 is 0. The Morgan fingerprint density at radius 2 is 1.67 bits per heavy atom. The molecule has 3 heteroatoms. The molecule has 0 bridgehead atoms. The van der Waals surface area contributed by atoms with Crippen molar-refractivity contribution < 1.29 is 4.79 Å². The fourth-order valence-corrected chi connectivity index (χ4v) is 4.72. The zero-order valence-corrected chi connectivity index (χ0v) is 12.7. The summed E-state index contributed by atoms with van der Waals surface area (Å²) in [6, 6.07) is 0.546. The van der Waals surface area contributed by atoms with E-state index < -0.39 is 0 Å². The van der Waals surface area contributed by atoms with Gasteiger partial charge >= 0.3 is 0 Å². The minimum absolute atomic E-state index is 0.416. The summed E-state index contributed by atoms with van der Waals surface area (Å²) in [5, 5.41) is 0.928. The highest BCUT2D eigenvalue weighted by Crippen LogP contribution is 2.58. The second kappa shape index (κ2) is 5.52. The van der Waals surface area contributed by atoms with Crippen molar-refractivity contribution in [3.63, 3.8) is 0 Å². The van der Waals surface area contributed by atoms with Crippen molar-refractivity contribution in [1.29, 1.82) is 0 Å². The van der Waals surface area contributed by atoms with Crippen molar-refractivity contribution >= 4 is 21.8 Å². The highest BCUT2D eigenvalue weighted by molar-refractivity contribution is 9.09. The SMILES string of the molecule is O=C(C1C2CCCC21)N(CCBr)C1CCCCC1. The van der Waals surface area contributed by atoms with Gasteiger partial charge in [0, 0.05) is 23.8 Å². The molecule has 3 saturated carbocycles. The maximum atomic E-state index is 12.7. The molecule has 2 unspecified atom stereocenters. The van der Waals surface area contributed by atoms with Crippen LogP contribution < -0.4 is 0 Å². The third-order valence-corrected chi connectivity index (χ3v) is 5.67. The predicted molar refractivity (Wildman–Crippen MR) is 76.7 cm³/mol. The van der Waals surface area contributed by atoms with E-state index in [9.17, 15) is 4.79 Å². The molecule has 0 N–H and O–H groups in total. The average Bonchev–Trinajstić information content (AvgIpc) is 2.89. The van der Waals surface area contributed by atoms with Gasteiger partial charge in [-0.05, 0) is 37.5 Å². The van der Waals surface area contributed by atoms with Crippen LogP contribution in [-0.2, 0) is 4.79 Å². The highest BCUT2D eigenvalue weighted by Gasteiger charge is 2.57. The Kier molecular flexibility index (Phi) is 3.97. The Bertz CT molecular complexity index is 304. The lowest BCUT2D eigenvalue weighted by Crippen LogP contribution is -2.44. The highest BCUT2D eigenvalue weighted by atomic mass is 79.9. The first kappa shape index (κ1) is 13.0. The van der Waals surface area contributed by atoms with Gasteiger partial charge in [0.2, 0.25) is 5.91 Å². The Hall–Kier alpha value is -0.0500. The normalized spacial score (nSPS) is 35.3. The molecule has 1 amide bonds. The van der Waals surface area contributed by atoms with E-state index in [0.717, 1.165) is 23.7 Å². The van der Waals surface area contributed by atoms with E-state index in [4.69, 9.17) is 0 Å². The van der Waals surface area contributed by atoms with Crippen molar-refractivity contribution in [2.45, 2.75) is 57.4 Å². The first-order valence-corrected chi connectivity index (χ1v) is 8.81. The monoisotopic (exact) mass is 313 g/mol. The molecule has 18 heavy (non-hydrogen) atoms. The van der Waals surface area contributed by atoms with E-state index in [-0.39, 0.29) is 0 Å². The number of hydrogen-bond acceptors (Lipinski definition) is 1. The molecule has 0 aromatic heterocycles. The van der Waals surface area contributed by atoms with Crippen LogP contribution in [-0.4, -0.2) is 28.7 Å². The Morgan fingerprint density at radius 3 is 2.28 bits per heavy atom. The molecule has 0 aromatic carbocycles. The van der Waals surface area contributed by atoms with Crippen molar-refractivity contribution in [3.05, 3.63) is 0 Å². The van der Waals surface area contributed by atoms with Gasteiger partial charge in [0.1, 0.15) is 0 Å². The lowest BCUT2D eigenvalue weighted by molar-refractivity contribution is -0.136. The van der Waals surface area contributed by atoms with Crippen molar-refractivity contribution in [3.8, 4) is 0 Å². The molecule has 3 aliphatic rings. The van der Waals surface area contributed by atoms with Crippen molar-refractivity contribution in [1.82, 2.24) is 4.90 Å². The number of alkyl halides is 1. The molecular formula is C15H24BrNO. The quantitative estimate of drug-likeness (QED) is 0.726. The number of rotatable bonds is 4. The first-order chi connectivity index (χ1) is 8.83. The Labute approximate surface area is 119 Å². The standard InChI is InChI=1S/C15H24BrNO/c16-9-10-17(11-5-2-1-3-6-11)15(18)14-12-7-4-8-13(12)14/h11-14H,1-10H2. The number of amides is 1. The van der Waals surface area contributed by atoms with Crippen LogP contribution in [0.25, 0.3) is 0 Å². The lowest BCUT2D eigenvalue weighted by atomic mass is 9.93. The van der Waals surface area contributed by atoms with Gasteiger partial charge in [0.15, 0.2) is 0 Å². The molecule has 0 heterocycles. The average molecular weight is 314 g/mol. The van der Waals surface area contributed by atoms with Crippen molar-refractivity contribution in [2.24, 2.45) is 17.8 Å². The number of carbonyl (C=O) groups excluding carboxylic acids is 1. The van der Waals surface area contributed by atoms with Gasteiger partial charge in [-0.2, -0.15) is 0 Å². The summed E-state index contributed by atoms with van der Waals surface area (Å²) in [5.41, 5.74) is 0. The molecule has 102 valence electrons. The van der Waals surface area contributed by atoms with Crippen LogP contribution in [0.2, 0.25) is 0 Å². The van der Waals surface area contributed by atoms with E-state index in [1.165, 1.54) is 51.4 Å². The minimum atomic E-state index is 0.416. The zero-order valence-electron chi connectivity index (χ0n) is 11.1. The van der Waals surface area contributed by atoms with E-state index in [2.05, 4.69) is 20.8 Å². The number of fused-ring (bicyclic) bond motifs is 1. The Morgan fingerprint density at radius 1 is 1.00 bits per heavy atom. The smallest absolute Gasteiger partial charge is 0.226 e. The third-order valence-electron chi connectivity index (χ3n) is 5.32. The van der Waals surface area contributed by atoms with Crippen LogP contribution in [0.15, 0.2) is 0 Å². The molecule has 0 aliphatic heterocycles. The molecule has 0 radical (unpaired) electrons. The second-order valence-electron chi connectivity index (χ2n) is 6.30. The molecule has 2 nitrogen and oxygen atoms in total. The predicted octanol–water partition coefficient (Wildman–Crippen LogP) is 3.59. The topological polar surface area (TPSA) is 20.3 Å². The molecule has 0 saturated heterocycles. The number of halogens is 1. The molecule has 0 aromatic rings. The summed E-state index contributed by atoms with van der Waals surface area (Å²) in [6.07, 6.45) is 10.5. The second-order valence-corrected chi connectivity index (χ2v) is 7.09. The van der Waals surface area contributed by atoms with Crippen LogP contribution >= 0.6 is 15.9 Å². The van der Waals surface area contributed by atoms with Crippen LogP contribution in [0.4, 0.5) is 0 Å². The molecule has 2 atom stereocenters. The lowest BCUT2D eigenvalue weighted by Gasteiger charge is -2.34. The zero-order chi connectivity index (χ0) is 12.5. The van der Waals surface area contributed by atoms with Gasteiger partial charge in [-0.3, -0.25) is 4.79 Å². The molecule has 3 rings (SSSR count). The Balaban J connectivity index is 1.63. The van der Waals surface area contributed by atoms with E-state index in [1.54, 1.807) is 0 Å². The van der Waals surface area contributed by atoms with Crippen LogP contribution in [0, 0.1) is 17.8 Å². The maximum Gasteiger partial charge on any atom is 0.226 e. The fraction of sp³-hybridized carbons (Fsp3) is 0.933. The summed E-state index contributed by atoms with van der Waals surface area (Å²) in [7, 11) is 0. The third kappa shape index (κ3) is 2.35. The van der Waals surface area contributed by atoms with Gasteiger partial charge in [-0.25, -0.2) is 0 Å². The van der Waals surface area contributed by atoms with Crippen LogP contribution in [0.1, 0.15) is 51.4 Å². The van der Waals surface area contributed by atoms with E-state index >= 15 is 0 Å². The minimum Gasteiger partial charge on any atom is -0.339 e. The van der Waals surface area contributed by atoms with E-state index in [0.29, 0.717) is 17.9 Å². The molecule has 3 aliphatic carbocycles. The van der Waals surface area contributed by atoms with E-state index in [1.807, 2.05) is 0 Å². The molecule has 0 spiro atoms. The van der Waals surface area contributed by atoms with Crippen molar-refractivity contribution in [2.75, 3.05) is 11.9 Å². The van der Waals surface area contributed by atoms with Crippen LogP contribution in [0.3, 0.4) is 0 Å². The number of hydrogen-bond donors (Lipinski definition) is 0. The summed E-state index contributed by atoms with van der Waals surface area (Å²) in [5.74, 6) is 2.44. The molecule has 3 fully saturated rings. The fourth-order valence-electron chi connectivity index (χ4n) is 4.34. The number of carbonyl (C=O) groups is 1. The number of nitrogens with zero attached hydrogens (tertiary/aromatic N) is 1. The molecular weight excluding hydrogens is 290 g/mol. The van der Waals surface area contributed by atoms with Gasteiger partial charge in [0.05, 0.1) is 0 Å². The van der Waals surface area contributed by atoms with Gasteiger partial charge in [-0.15, -0.1) is 0 Å². The van der Waals surface area contributed by atoms with Gasteiger partial charge < -0.3 is 4.90 Å². The van der Waals surface area contributed by atoms with Gasteiger partial charge in [-0.1, -0.05) is 41.6 Å².